The standard InChI is InChI=1S/C29H35N3O6S/c1-6-27(29(34)30-3)31(19-22-9-13-24(37-4)14-10-22)28(33)20-32(23-11-15-25(38-5)16-12-23)39(35,36)26-17-7-21(2)8-18-26/h7-18,27H,6,19-20H2,1-5H3,(H,30,34)/t27-/m0/s1. The first kappa shape index (κ1) is 29.5. The first-order valence-corrected chi connectivity index (χ1v) is 14.0. The minimum absolute atomic E-state index is 0.0526. The molecule has 9 nitrogen and oxygen atoms in total. The zero-order valence-electron chi connectivity index (χ0n) is 22.9. The molecule has 0 aliphatic rings. The van der Waals surface area contributed by atoms with Gasteiger partial charge in [-0.15, -0.1) is 0 Å². The van der Waals surface area contributed by atoms with Gasteiger partial charge in [-0.1, -0.05) is 36.8 Å². The zero-order valence-corrected chi connectivity index (χ0v) is 23.7. The van der Waals surface area contributed by atoms with Crippen molar-refractivity contribution in [3.63, 3.8) is 0 Å². The number of carbonyl (C=O) groups excluding carboxylic acids is 2. The van der Waals surface area contributed by atoms with E-state index < -0.39 is 28.5 Å². The number of rotatable bonds is 12. The number of nitrogens with one attached hydrogen (secondary N) is 1. The average Bonchev–Trinajstić information content (AvgIpc) is 2.96. The van der Waals surface area contributed by atoms with Gasteiger partial charge in [-0.05, 0) is 67.4 Å². The molecule has 0 heterocycles. The molecule has 0 aromatic heterocycles. The Hall–Kier alpha value is -4.05. The van der Waals surface area contributed by atoms with E-state index in [1.807, 2.05) is 6.92 Å². The van der Waals surface area contributed by atoms with Crippen LogP contribution >= 0.6 is 0 Å². The van der Waals surface area contributed by atoms with Crippen molar-refractivity contribution in [2.24, 2.45) is 0 Å². The Morgan fingerprint density at radius 3 is 1.90 bits per heavy atom. The number of benzene rings is 3. The molecule has 0 bridgehead atoms. The number of anilines is 1. The van der Waals surface area contributed by atoms with E-state index in [2.05, 4.69) is 5.32 Å². The number of likely N-dealkylation sites (N-methyl/N-ethyl adjacent to an activating group) is 1. The number of hydrogen-bond acceptors (Lipinski definition) is 6. The Bertz CT molecular complexity index is 1360. The van der Waals surface area contributed by atoms with Gasteiger partial charge in [0.05, 0.1) is 24.8 Å². The third kappa shape index (κ3) is 7.08. The molecule has 1 N–H and O–H groups in total. The molecule has 0 radical (unpaired) electrons. The van der Waals surface area contributed by atoms with Crippen LogP contribution in [0.15, 0.2) is 77.7 Å². The summed E-state index contributed by atoms with van der Waals surface area (Å²) in [5.74, 6) is 0.346. The summed E-state index contributed by atoms with van der Waals surface area (Å²) in [7, 11) is 0.451. The van der Waals surface area contributed by atoms with Crippen molar-refractivity contribution >= 4 is 27.5 Å². The maximum absolute atomic E-state index is 13.9. The third-order valence-corrected chi connectivity index (χ3v) is 8.18. The highest BCUT2D eigenvalue weighted by molar-refractivity contribution is 7.92. The number of methoxy groups -OCH3 is 2. The van der Waals surface area contributed by atoms with E-state index in [1.54, 1.807) is 74.7 Å². The summed E-state index contributed by atoms with van der Waals surface area (Å²) in [5.41, 5.74) is 1.97. The number of amides is 2. The van der Waals surface area contributed by atoms with Crippen molar-refractivity contribution in [1.82, 2.24) is 10.2 Å². The molecule has 2 amide bonds. The maximum Gasteiger partial charge on any atom is 0.264 e. The molecule has 208 valence electrons. The molecule has 0 fully saturated rings. The molecule has 0 aliphatic heterocycles. The van der Waals surface area contributed by atoms with Crippen LogP contribution in [0.3, 0.4) is 0 Å². The van der Waals surface area contributed by atoms with E-state index in [0.29, 0.717) is 23.6 Å². The van der Waals surface area contributed by atoms with E-state index in [4.69, 9.17) is 9.47 Å². The third-order valence-electron chi connectivity index (χ3n) is 6.39. The van der Waals surface area contributed by atoms with Crippen LogP contribution in [-0.4, -0.2) is 59.0 Å². The van der Waals surface area contributed by atoms with Crippen molar-refractivity contribution in [1.29, 1.82) is 0 Å². The van der Waals surface area contributed by atoms with Crippen LogP contribution in [0, 0.1) is 6.92 Å². The first-order chi connectivity index (χ1) is 18.6. The summed E-state index contributed by atoms with van der Waals surface area (Å²) in [6.07, 6.45) is 0.342. The molecule has 0 saturated heterocycles. The Morgan fingerprint density at radius 2 is 1.41 bits per heavy atom. The van der Waals surface area contributed by atoms with Crippen molar-refractivity contribution in [2.45, 2.75) is 37.8 Å². The quantitative estimate of drug-likeness (QED) is 0.366. The highest BCUT2D eigenvalue weighted by atomic mass is 32.2. The van der Waals surface area contributed by atoms with Crippen LogP contribution in [-0.2, 0) is 26.2 Å². The monoisotopic (exact) mass is 553 g/mol. The number of ether oxygens (including phenoxy) is 2. The molecule has 0 unspecified atom stereocenters. The SMILES string of the molecule is CC[C@@H](C(=O)NC)N(Cc1ccc(OC)cc1)C(=O)CN(c1ccc(OC)cc1)S(=O)(=O)c1ccc(C)cc1. The first-order valence-electron chi connectivity index (χ1n) is 12.5. The predicted octanol–water partition coefficient (Wildman–Crippen LogP) is 3.76. The highest BCUT2D eigenvalue weighted by Crippen LogP contribution is 2.27. The highest BCUT2D eigenvalue weighted by Gasteiger charge is 2.33. The number of carbonyl (C=O) groups is 2. The van der Waals surface area contributed by atoms with Gasteiger partial charge in [-0.2, -0.15) is 0 Å². The Labute approximate surface area is 230 Å². The Kier molecular flexibility index (Phi) is 9.95. The summed E-state index contributed by atoms with van der Waals surface area (Å²) in [6.45, 7) is 3.27. The predicted molar refractivity (Wildman–Crippen MR) is 150 cm³/mol. The van der Waals surface area contributed by atoms with Gasteiger partial charge >= 0.3 is 0 Å². The summed E-state index contributed by atoms with van der Waals surface area (Å²) in [4.78, 5) is 28.2. The minimum Gasteiger partial charge on any atom is -0.497 e. The van der Waals surface area contributed by atoms with Gasteiger partial charge in [0.15, 0.2) is 0 Å². The smallest absolute Gasteiger partial charge is 0.264 e. The fraction of sp³-hybridized carbons (Fsp3) is 0.310. The summed E-state index contributed by atoms with van der Waals surface area (Å²) in [5, 5.41) is 2.62. The van der Waals surface area contributed by atoms with E-state index in [0.717, 1.165) is 15.4 Å². The maximum atomic E-state index is 13.9. The number of sulfonamides is 1. The summed E-state index contributed by atoms with van der Waals surface area (Å²) < 4.78 is 39.2. The van der Waals surface area contributed by atoms with Gasteiger partial charge in [0.25, 0.3) is 10.0 Å². The van der Waals surface area contributed by atoms with E-state index >= 15 is 0 Å². The van der Waals surface area contributed by atoms with E-state index in [1.165, 1.54) is 31.2 Å². The second kappa shape index (κ2) is 13.1. The van der Waals surface area contributed by atoms with Gasteiger partial charge in [0, 0.05) is 13.6 Å². The van der Waals surface area contributed by atoms with Gasteiger partial charge in [-0.3, -0.25) is 13.9 Å². The largest absolute Gasteiger partial charge is 0.497 e. The Morgan fingerprint density at radius 1 is 0.872 bits per heavy atom. The van der Waals surface area contributed by atoms with Gasteiger partial charge in [0.1, 0.15) is 24.1 Å². The average molecular weight is 554 g/mol. The van der Waals surface area contributed by atoms with Crippen LogP contribution < -0.4 is 19.1 Å². The Balaban J connectivity index is 2.04. The van der Waals surface area contributed by atoms with Crippen LogP contribution in [0.25, 0.3) is 0 Å². The summed E-state index contributed by atoms with van der Waals surface area (Å²) in [6, 6.07) is 19.2. The van der Waals surface area contributed by atoms with Crippen molar-refractivity contribution < 1.29 is 27.5 Å². The molecule has 3 rings (SSSR count). The second-order valence-corrected chi connectivity index (χ2v) is 10.8. The summed E-state index contributed by atoms with van der Waals surface area (Å²) >= 11 is 0. The van der Waals surface area contributed by atoms with Gasteiger partial charge in [-0.25, -0.2) is 8.42 Å². The second-order valence-electron chi connectivity index (χ2n) is 8.93. The zero-order chi connectivity index (χ0) is 28.6. The van der Waals surface area contributed by atoms with Crippen LogP contribution in [0.4, 0.5) is 5.69 Å². The van der Waals surface area contributed by atoms with Crippen LogP contribution in [0.5, 0.6) is 11.5 Å². The minimum atomic E-state index is -4.13. The lowest BCUT2D eigenvalue weighted by Crippen LogP contribution is -2.51. The molecule has 39 heavy (non-hydrogen) atoms. The molecular formula is C29H35N3O6S. The van der Waals surface area contributed by atoms with Crippen molar-refractivity contribution in [3.8, 4) is 11.5 Å². The van der Waals surface area contributed by atoms with E-state index in [9.17, 15) is 18.0 Å². The fourth-order valence-electron chi connectivity index (χ4n) is 4.13. The fourth-order valence-corrected chi connectivity index (χ4v) is 5.54. The molecule has 3 aromatic carbocycles. The number of nitrogens with zero attached hydrogens (tertiary/aromatic N) is 2. The topological polar surface area (TPSA) is 105 Å². The molecule has 3 aromatic rings. The molecule has 0 aliphatic carbocycles. The number of aryl methyl sites for hydroxylation is 1. The molecule has 1 atom stereocenters. The lowest BCUT2D eigenvalue weighted by atomic mass is 10.1. The molecule has 0 spiro atoms. The van der Waals surface area contributed by atoms with Crippen LogP contribution in [0.1, 0.15) is 24.5 Å². The van der Waals surface area contributed by atoms with Gasteiger partial charge in [0.2, 0.25) is 11.8 Å². The number of hydrogen-bond donors (Lipinski definition) is 1. The lowest BCUT2D eigenvalue weighted by molar-refractivity contribution is -0.140. The van der Waals surface area contributed by atoms with Crippen LogP contribution in [0.2, 0.25) is 0 Å². The normalized spacial score (nSPS) is 11.8. The lowest BCUT2D eigenvalue weighted by Gasteiger charge is -2.33. The molecule has 10 heteroatoms. The van der Waals surface area contributed by atoms with Gasteiger partial charge < -0.3 is 19.7 Å². The van der Waals surface area contributed by atoms with Crippen molar-refractivity contribution in [2.75, 3.05) is 32.1 Å². The van der Waals surface area contributed by atoms with Crippen molar-refractivity contribution in [3.05, 3.63) is 83.9 Å². The molecule has 0 saturated carbocycles. The van der Waals surface area contributed by atoms with E-state index in [-0.39, 0.29) is 17.3 Å². The molecular weight excluding hydrogens is 518 g/mol.